The lowest BCUT2D eigenvalue weighted by Gasteiger charge is -2.09. The summed E-state index contributed by atoms with van der Waals surface area (Å²) in [5.41, 5.74) is 2.26. The largest absolute Gasteiger partial charge is 0.383 e. The number of nitrogens with one attached hydrogen (secondary N) is 2. The first-order valence-electron chi connectivity index (χ1n) is 6.13. The molecule has 0 atom stereocenters. The number of aromatic nitrogens is 2. The number of rotatable bonds is 6. The zero-order valence-corrected chi connectivity index (χ0v) is 10.5. The zero-order chi connectivity index (χ0) is 12.8. The smallest absolute Gasteiger partial charge is 0.239 e. The van der Waals surface area contributed by atoms with Crippen molar-refractivity contribution in [2.75, 3.05) is 32.1 Å². The molecule has 0 bridgehead atoms. The third-order valence-corrected chi connectivity index (χ3v) is 2.92. The number of methoxy groups -OCH3 is 1. The fourth-order valence-electron chi connectivity index (χ4n) is 2.03. The van der Waals surface area contributed by atoms with E-state index in [1.807, 2.05) is 0 Å². The second-order valence-electron chi connectivity index (χ2n) is 4.20. The van der Waals surface area contributed by atoms with Gasteiger partial charge in [0.15, 0.2) is 0 Å². The Labute approximate surface area is 106 Å². The van der Waals surface area contributed by atoms with Crippen LogP contribution in [0.3, 0.4) is 0 Å². The molecule has 0 saturated heterocycles. The molecule has 1 heterocycles. The molecule has 0 fully saturated rings. The van der Waals surface area contributed by atoms with Crippen LogP contribution in [0.1, 0.15) is 17.7 Å². The van der Waals surface area contributed by atoms with Gasteiger partial charge in [-0.1, -0.05) is 0 Å². The maximum Gasteiger partial charge on any atom is 0.239 e. The van der Waals surface area contributed by atoms with Gasteiger partial charge in [0.25, 0.3) is 0 Å². The fraction of sp³-hybridized carbons (Fsp3) is 0.583. The molecule has 0 saturated carbocycles. The molecule has 98 valence electrons. The number of hydrogen-bond acceptors (Lipinski definition) is 5. The molecular formula is C12H18N4O2. The van der Waals surface area contributed by atoms with Crippen molar-refractivity contribution in [3.8, 4) is 0 Å². The summed E-state index contributed by atoms with van der Waals surface area (Å²) < 4.78 is 4.86. The quantitative estimate of drug-likeness (QED) is 0.702. The summed E-state index contributed by atoms with van der Waals surface area (Å²) in [7, 11) is 1.61. The maximum atomic E-state index is 11.5. The molecule has 2 rings (SSSR count). The number of carbonyl (C=O) groups excluding carboxylic acids is 1. The van der Waals surface area contributed by atoms with Gasteiger partial charge in [0, 0.05) is 24.9 Å². The first-order chi connectivity index (χ1) is 8.81. The van der Waals surface area contributed by atoms with Crippen LogP contribution in [0.2, 0.25) is 0 Å². The van der Waals surface area contributed by atoms with Crippen molar-refractivity contribution in [3.63, 3.8) is 0 Å². The highest BCUT2D eigenvalue weighted by Crippen LogP contribution is 2.24. The van der Waals surface area contributed by atoms with Gasteiger partial charge in [-0.05, 0) is 19.3 Å². The molecule has 1 aliphatic rings. The minimum absolute atomic E-state index is 0.0580. The second-order valence-corrected chi connectivity index (χ2v) is 4.20. The molecule has 0 unspecified atom stereocenters. The van der Waals surface area contributed by atoms with E-state index in [2.05, 4.69) is 20.6 Å². The molecule has 6 nitrogen and oxygen atoms in total. The Hall–Kier alpha value is -1.69. The van der Waals surface area contributed by atoms with Gasteiger partial charge >= 0.3 is 0 Å². The van der Waals surface area contributed by atoms with E-state index >= 15 is 0 Å². The molecule has 1 amide bonds. The van der Waals surface area contributed by atoms with E-state index < -0.39 is 0 Å². The predicted octanol–water partition coefficient (Wildman–Crippen LogP) is 0.140. The fourth-order valence-corrected chi connectivity index (χ4v) is 2.03. The van der Waals surface area contributed by atoms with Gasteiger partial charge in [-0.25, -0.2) is 9.97 Å². The van der Waals surface area contributed by atoms with Crippen molar-refractivity contribution < 1.29 is 9.53 Å². The number of hydrogen-bond donors (Lipinski definition) is 2. The van der Waals surface area contributed by atoms with Crippen molar-refractivity contribution in [1.29, 1.82) is 0 Å². The van der Waals surface area contributed by atoms with Crippen LogP contribution >= 0.6 is 0 Å². The van der Waals surface area contributed by atoms with E-state index in [4.69, 9.17) is 4.74 Å². The van der Waals surface area contributed by atoms with Crippen LogP contribution in [0, 0.1) is 0 Å². The lowest BCUT2D eigenvalue weighted by molar-refractivity contribution is -0.119. The number of nitrogens with zero attached hydrogens (tertiary/aromatic N) is 2. The monoisotopic (exact) mass is 250 g/mol. The number of fused-ring (bicyclic) bond motifs is 1. The summed E-state index contributed by atoms with van der Waals surface area (Å²) in [6.07, 6.45) is 4.66. The van der Waals surface area contributed by atoms with Crippen LogP contribution < -0.4 is 10.6 Å². The third-order valence-electron chi connectivity index (χ3n) is 2.92. The molecule has 2 N–H and O–H groups in total. The Morgan fingerprint density at radius 3 is 3.17 bits per heavy atom. The van der Waals surface area contributed by atoms with E-state index in [0.717, 1.165) is 36.3 Å². The van der Waals surface area contributed by atoms with Gasteiger partial charge in [0.2, 0.25) is 5.91 Å². The highest BCUT2D eigenvalue weighted by molar-refractivity contribution is 5.80. The molecule has 0 aromatic carbocycles. The molecule has 1 aliphatic carbocycles. The first kappa shape index (κ1) is 12.8. The van der Waals surface area contributed by atoms with Crippen LogP contribution in [0.5, 0.6) is 0 Å². The zero-order valence-electron chi connectivity index (χ0n) is 10.5. The first-order valence-corrected chi connectivity index (χ1v) is 6.13. The Kier molecular flexibility index (Phi) is 4.46. The minimum Gasteiger partial charge on any atom is -0.383 e. The van der Waals surface area contributed by atoms with E-state index in [9.17, 15) is 4.79 Å². The van der Waals surface area contributed by atoms with Crippen LogP contribution in [0.25, 0.3) is 0 Å². The summed E-state index contributed by atoms with van der Waals surface area (Å²) in [4.78, 5) is 20.0. The van der Waals surface area contributed by atoms with Crippen LogP contribution in [-0.4, -0.2) is 42.7 Å². The van der Waals surface area contributed by atoms with Gasteiger partial charge in [0.1, 0.15) is 12.1 Å². The summed E-state index contributed by atoms with van der Waals surface area (Å²) in [5.74, 6) is 0.733. The molecule has 1 aromatic rings. The van der Waals surface area contributed by atoms with E-state index in [1.165, 1.54) is 0 Å². The van der Waals surface area contributed by atoms with E-state index in [1.54, 1.807) is 13.4 Å². The van der Waals surface area contributed by atoms with Crippen LogP contribution in [0.15, 0.2) is 6.33 Å². The summed E-state index contributed by atoms with van der Waals surface area (Å²) in [6.45, 7) is 1.28. The molecule has 18 heavy (non-hydrogen) atoms. The van der Waals surface area contributed by atoms with Gasteiger partial charge in [-0.15, -0.1) is 0 Å². The second kappa shape index (κ2) is 6.30. The van der Waals surface area contributed by atoms with Crippen molar-refractivity contribution in [2.45, 2.75) is 19.3 Å². The van der Waals surface area contributed by atoms with Crippen molar-refractivity contribution in [3.05, 3.63) is 17.6 Å². The molecule has 0 radical (unpaired) electrons. The standard InChI is InChI=1S/C12H18N4O2/c1-18-6-5-13-11(17)7-14-12-9-3-2-4-10(9)15-8-16-12/h8H,2-7H2,1H3,(H,13,17)(H,14,15,16). The van der Waals surface area contributed by atoms with Crippen LogP contribution in [0.4, 0.5) is 5.82 Å². The molecule has 6 heteroatoms. The maximum absolute atomic E-state index is 11.5. The van der Waals surface area contributed by atoms with Gasteiger partial charge in [-0.3, -0.25) is 4.79 Å². The lowest BCUT2D eigenvalue weighted by Crippen LogP contribution is -2.32. The summed E-state index contributed by atoms with van der Waals surface area (Å²) in [5, 5.41) is 5.82. The van der Waals surface area contributed by atoms with Crippen molar-refractivity contribution in [1.82, 2.24) is 15.3 Å². The Morgan fingerprint density at radius 1 is 1.44 bits per heavy atom. The highest BCUT2D eigenvalue weighted by Gasteiger charge is 2.17. The van der Waals surface area contributed by atoms with E-state index in [-0.39, 0.29) is 12.5 Å². The average molecular weight is 250 g/mol. The lowest BCUT2D eigenvalue weighted by atomic mass is 10.2. The van der Waals surface area contributed by atoms with E-state index in [0.29, 0.717) is 13.2 Å². The predicted molar refractivity (Wildman–Crippen MR) is 67.4 cm³/mol. The molecule has 0 spiro atoms. The number of anilines is 1. The molecular weight excluding hydrogens is 232 g/mol. The Bertz CT molecular complexity index is 423. The highest BCUT2D eigenvalue weighted by atomic mass is 16.5. The van der Waals surface area contributed by atoms with Crippen LogP contribution in [-0.2, 0) is 22.4 Å². The number of amides is 1. The third kappa shape index (κ3) is 3.16. The Morgan fingerprint density at radius 2 is 2.33 bits per heavy atom. The van der Waals surface area contributed by atoms with Gasteiger partial charge < -0.3 is 15.4 Å². The van der Waals surface area contributed by atoms with Crippen molar-refractivity contribution >= 4 is 11.7 Å². The number of aryl methyl sites for hydroxylation is 1. The number of carbonyl (C=O) groups is 1. The van der Waals surface area contributed by atoms with Crippen molar-refractivity contribution in [2.24, 2.45) is 0 Å². The Balaban J connectivity index is 1.83. The van der Waals surface area contributed by atoms with Gasteiger partial charge in [-0.2, -0.15) is 0 Å². The molecule has 1 aromatic heterocycles. The summed E-state index contributed by atoms with van der Waals surface area (Å²) in [6, 6.07) is 0. The normalized spacial score (nSPS) is 13.2. The molecule has 0 aliphatic heterocycles. The van der Waals surface area contributed by atoms with Gasteiger partial charge in [0.05, 0.1) is 13.2 Å². The SMILES string of the molecule is COCCNC(=O)CNc1ncnc2c1CCC2. The topological polar surface area (TPSA) is 76.1 Å². The summed E-state index contributed by atoms with van der Waals surface area (Å²) >= 11 is 0. The average Bonchev–Trinajstić information content (AvgIpc) is 2.85. The number of ether oxygens (including phenoxy) is 1. The minimum atomic E-state index is -0.0580.